The quantitative estimate of drug-likeness (QED) is 0.837. The number of morpholine rings is 1. The molecule has 3 heterocycles. The monoisotopic (exact) mass is 297 g/mol. The highest BCUT2D eigenvalue weighted by Gasteiger charge is 2.21. The summed E-state index contributed by atoms with van der Waals surface area (Å²) in [5.74, 6) is 1.53. The number of hydrogen-bond donors (Lipinski definition) is 1. The number of rotatable bonds is 3. The lowest BCUT2D eigenvalue weighted by Gasteiger charge is -2.27. The Labute approximate surface area is 121 Å². The molecule has 0 unspecified atom stereocenters. The van der Waals surface area contributed by atoms with Gasteiger partial charge in [0.05, 0.1) is 19.8 Å². The number of anilines is 1. The van der Waals surface area contributed by atoms with Gasteiger partial charge in [0.25, 0.3) is 0 Å². The molecule has 0 spiro atoms. The third kappa shape index (κ3) is 2.32. The molecule has 1 saturated heterocycles. The van der Waals surface area contributed by atoms with E-state index in [2.05, 4.69) is 19.9 Å². The molecule has 0 aromatic carbocycles. The van der Waals surface area contributed by atoms with Crippen LogP contribution in [0.4, 0.5) is 5.82 Å². The second kappa shape index (κ2) is 5.51. The molecule has 2 aromatic rings. The van der Waals surface area contributed by atoms with E-state index < -0.39 is 0 Å². The SMILES string of the molecule is Cc1nc2c(N3CCOCC3)nc(Cl)nc2n1CCO. The first-order chi connectivity index (χ1) is 9.70. The summed E-state index contributed by atoms with van der Waals surface area (Å²) in [5.41, 5.74) is 1.39. The second-order valence-electron chi connectivity index (χ2n) is 4.62. The van der Waals surface area contributed by atoms with Crippen molar-refractivity contribution in [1.29, 1.82) is 0 Å². The van der Waals surface area contributed by atoms with Crippen molar-refractivity contribution in [3.8, 4) is 0 Å². The van der Waals surface area contributed by atoms with Gasteiger partial charge in [-0.15, -0.1) is 0 Å². The molecule has 108 valence electrons. The van der Waals surface area contributed by atoms with Crippen LogP contribution in [0.1, 0.15) is 5.82 Å². The number of aromatic nitrogens is 4. The van der Waals surface area contributed by atoms with Crippen molar-refractivity contribution in [2.75, 3.05) is 37.8 Å². The van der Waals surface area contributed by atoms with Crippen molar-refractivity contribution < 1.29 is 9.84 Å². The highest BCUT2D eigenvalue weighted by molar-refractivity contribution is 6.28. The zero-order chi connectivity index (χ0) is 14.1. The molecule has 1 fully saturated rings. The smallest absolute Gasteiger partial charge is 0.226 e. The van der Waals surface area contributed by atoms with Crippen LogP contribution >= 0.6 is 11.6 Å². The number of nitrogens with zero attached hydrogens (tertiary/aromatic N) is 5. The molecule has 0 bridgehead atoms. The summed E-state index contributed by atoms with van der Waals surface area (Å²) in [6.45, 7) is 5.20. The lowest BCUT2D eigenvalue weighted by Crippen LogP contribution is -2.37. The maximum absolute atomic E-state index is 9.16. The van der Waals surface area contributed by atoms with Crippen LogP contribution in [0.25, 0.3) is 11.2 Å². The molecular formula is C12H16ClN5O2. The van der Waals surface area contributed by atoms with Gasteiger partial charge in [0.1, 0.15) is 5.82 Å². The number of halogens is 1. The molecule has 20 heavy (non-hydrogen) atoms. The zero-order valence-electron chi connectivity index (χ0n) is 11.2. The Morgan fingerprint density at radius 1 is 1.25 bits per heavy atom. The Morgan fingerprint density at radius 2 is 2.00 bits per heavy atom. The third-order valence-electron chi connectivity index (χ3n) is 3.37. The van der Waals surface area contributed by atoms with E-state index in [4.69, 9.17) is 21.4 Å². The summed E-state index contributed by atoms with van der Waals surface area (Å²) in [6.07, 6.45) is 0. The van der Waals surface area contributed by atoms with E-state index in [1.165, 1.54) is 0 Å². The first-order valence-corrected chi connectivity index (χ1v) is 6.92. The molecule has 0 saturated carbocycles. The van der Waals surface area contributed by atoms with Gasteiger partial charge in [-0.3, -0.25) is 0 Å². The maximum Gasteiger partial charge on any atom is 0.226 e. The molecule has 8 heteroatoms. The third-order valence-corrected chi connectivity index (χ3v) is 3.54. The van der Waals surface area contributed by atoms with Crippen molar-refractivity contribution in [3.63, 3.8) is 0 Å². The fourth-order valence-corrected chi connectivity index (χ4v) is 2.59. The molecular weight excluding hydrogens is 282 g/mol. The van der Waals surface area contributed by atoms with Crippen molar-refractivity contribution in [3.05, 3.63) is 11.1 Å². The van der Waals surface area contributed by atoms with Crippen LogP contribution in [0.5, 0.6) is 0 Å². The number of ether oxygens (including phenoxy) is 1. The van der Waals surface area contributed by atoms with Gasteiger partial charge in [0.15, 0.2) is 17.0 Å². The van der Waals surface area contributed by atoms with Crippen LogP contribution in [0, 0.1) is 6.92 Å². The van der Waals surface area contributed by atoms with Crippen LogP contribution < -0.4 is 4.90 Å². The normalized spacial score (nSPS) is 16.1. The molecule has 0 aliphatic carbocycles. The van der Waals surface area contributed by atoms with E-state index in [9.17, 15) is 0 Å². The van der Waals surface area contributed by atoms with Gasteiger partial charge in [0.2, 0.25) is 5.28 Å². The molecule has 1 aliphatic heterocycles. The van der Waals surface area contributed by atoms with E-state index in [0.29, 0.717) is 25.4 Å². The number of aliphatic hydroxyl groups is 1. The summed E-state index contributed by atoms with van der Waals surface area (Å²) in [6, 6.07) is 0. The Kier molecular flexibility index (Phi) is 3.73. The average molecular weight is 298 g/mol. The summed E-state index contributed by atoms with van der Waals surface area (Å²) in [5, 5.41) is 9.35. The van der Waals surface area contributed by atoms with Gasteiger partial charge in [0, 0.05) is 19.6 Å². The number of imidazole rings is 1. The van der Waals surface area contributed by atoms with Gasteiger partial charge >= 0.3 is 0 Å². The van der Waals surface area contributed by atoms with E-state index in [1.807, 2.05) is 11.5 Å². The van der Waals surface area contributed by atoms with E-state index in [1.54, 1.807) is 0 Å². The van der Waals surface area contributed by atoms with Crippen molar-refractivity contribution in [2.24, 2.45) is 0 Å². The maximum atomic E-state index is 9.16. The summed E-state index contributed by atoms with van der Waals surface area (Å²) in [4.78, 5) is 15.2. The van der Waals surface area contributed by atoms with Gasteiger partial charge in [-0.1, -0.05) is 0 Å². The van der Waals surface area contributed by atoms with Crippen LogP contribution in [-0.2, 0) is 11.3 Å². The predicted molar refractivity (Wildman–Crippen MR) is 75.2 cm³/mol. The van der Waals surface area contributed by atoms with Crippen LogP contribution in [0.2, 0.25) is 5.28 Å². The fourth-order valence-electron chi connectivity index (χ4n) is 2.43. The number of aryl methyl sites for hydroxylation is 1. The molecule has 0 amide bonds. The van der Waals surface area contributed by atoms with Gasteiger partial charge in [-0.05, 0) is 18.5 Å². The first-order valence-electron chi connectivity index (χ1n) is 6.54. The van der Waals surface area contributed by atoms with Crippen LogP contribution in [-0.4, -0.2) is 57.5 Å². The molecule has 0 atom stereocenters. The largest absolute Gasteiger partial charge is 0.395 e. The molecule has 1 aliphatic rings. The number of aliphatic hydroxyl groups excluding tert-OH is 1. The van der Waals surface area contributed by atoms with Gasteiger partial charge in [-0.2, -0.15) is 9.97 Å². The highest BCUT2D eigenvalue weighted by atomic mass is 35.5. The summed E-state index contributed by atoms with van der Waals surface area (Å²) < 4.78 is 7.21. The Bertz CT molecular complexity index is 624. The Balaban J connectivity index is 2.14. The highest BCUT2D eigenvalue weighted by Crippen LogP contribution is 2.26. The molecule has 3 rings (SSSR count). The lowest BCUT2D eigenvalue weighted by atomic mass is 10.4. The molecule has 1 N–H and O–H groups in total. The van der Waals surface area contributed by atoms with Crippen molar-refractivity contribution in [1.82, 2.24) is 19.5 Å². The lowest BCUT2D eigenvalue weighted by molar-refractivity contribution is 0.122. The minimum absolute atomic E-state index is 0.0286. The summed E-state index contributed by atoms with van der Waals surface area (Å²) >= 11 is 6.04. The van der Waals surface area contributed by atoms with Gasteiger partial charge in [-0.25, -0.2) is 4.98 Å². The first kappa shape index (κ1) is 13.5. The minimum atomic E-state index is 0.0286. The van der Waals surface area contributed by atoms with E-state index in [-0.39, 0.29) is 11.9 Å². The zero-order valence-corrected chi connectivity index (χ0v) is 12.0. The molecule has 0 radical (unpaired) electrons. The number of hydrogen-bond acceptors (Lipinski definition) is 6. The fraction of sp³-hybridized carbons (Fsp3) is 0.583. The predicted octanol–water partition coefficient (Wildman–Crippen LogP) is 0.617. The van der Waals surface area contributed by atoms with E-state index >= 15 is 0 Å². The van der Waals surface area contributed by atoms with Crippen LogP contribution in [0.15, 0.2) is 0 Å². The van der Waals surface area contributed by atoms with Gasteiger partial charge < -0.3 is 19.3 Å². The summed E-state index contributed by atoms with van der Waals surface area (Å²) in [7, 11) is 0. The van der Waals surface area contributed by atoms with Crippen molar-refractivity contribution >= 4 is 28.6 Å². The molecule has 7 nitrogen and oxygen atoms in total. The number of fused-ring (bicyclic) bond motifs is 1. The standard InChI is InChI=1S/C12H16ClN5O2/c1-8-14-9-10(17-3-6-20-7-4-17)15-12(13)16-11(9)18(8)2-5-19/h19H,2-7H2,1H3. The Morgan fingerprint density at radius 3 is 2.70 bits per heavy atom. The topological polar surface area (TPSA) is 76.3 Å². The average Bonchev–Trinajstić information content (AvgIpc) is 2.76. The Hall–Kier alpha value is -1.44. The van der Waals surface area contributed by atoms with Crippen molar-refractivity contribution in [2.45, 2.75) is 13.5 Å². The minimum Gasteiger partial charge on any atom is -0.395 e. The second-order valence-corrected chi connectivity index (χ2v) is 4.96. The molecule has 2 aromatic heterocycles. The van der Waals surface area contributed by atoms with E-state index in [0.717, 1.165) is 30.2 Å². The van der Waals surface area contributed by atoms with Crippen LogP contribution in [0.3, 0.4) is 0 Å².